The van der Waals surface area contributed by atoms with Crippen molar-refractivity contribution in [2.45, 2.75) is 23.8 Å². The number of rotatable bonds is 1. The molecule has 2 unspecified atom stereocenters. The zero-order valence-corrected chi connectivity index (χ0v) is 10.7. The fourth-order valence-electron chi connectivity index (χ4n) is 1.94. The van der Waals surface area contributed by atoms with E-state index in [4.69, 9.17) is 5.73 Å². The second-order valence-electron chi connectivity index (χ2n) is 3.93. The number of sulfone groups is 1. The summed E-state index contributed by atoms with van der Waals surface area (Å²) in [5.41, 5.74) is 6.65. The lowest BCUT2D eigenvalue weighted by molar-refractivity contribution is 0.584. The quantitative estimate of drug-likeness (QED) is 0.856. The Hall–Kier alpha value is -0.390. The van der Waals surface area contributed by atoms with Crippen LogP contribution in [0, 0.1) is 0 Å². The molecule has 15 heavy (non-hydrogen) atoms. The second kappa shape index (κ2) is 3.57. The van der Waals surface area contributed by atoms with Crippen LogP contribution in [0.3, 0.4) is 0 Å². The summed E-state index contributed by atoms with van der Waals surface area (Å²) < 4.78 is 24.5. The van der Waals surface area contributed by atoms with Crippen molar-refractivity contribution in [2.75, 3.05) is 5.75 Å². The molecule has 0 fully saturated rings. The van der Waals surface area contributed by atoms with Gasteiger partial charge < -0.3 is 5.73 Å². The minimum atomic E-state index is -3.12. The lowest BCUT2D eigenvalue weighted by atomic mass is 9.95. The molecule has 2 atom stereocenters. The summed E-state index contributed by atoms with van der Waals surface area (Å²) in [5, 5.41) is 0. The molecule has 0 saturated carbocycles. The summed E-state index contributed by atoms with van der Waals surface area (Å²) in [7, 11) is -3.12. The molecule has 0 amide bonds. The molecule has 1 heterocycles. The molecule has 0 saturated heterocycles. The van der Waals surface area contributed by atoms with Gasteiger partial charge in [-0.25, -0.2) is 8.42 Å². The molecule has 0 bridgehead atoms. The van der Waals surface area contributed by atoms with Gasteiger partial charge in [-0.2, -0.15) is 0 Å². The van der Waals surface area contributed by atoms with Crippen LogP contribution < -0.4 is 5.73 Å². The minimum Gasteiger partial charge on any atom is -0.327 e. The lowest BCUT2D eigenvalue weighted by Gasteiger charge is -2.13. The molecular weight excluding hydrogens is 278 g/mol. The van der Waals surface area contributed by atoms with Crippen LogP contribution in [0.4, 0.5) is 0 Å². The van der Waals surface area contributed by atoms with E-state index in [0.717, 1.165) is 10.0 Å². The molecule has 0 radical (unpaired) electrons. The van der Waals surface area contributed by atoms with E-state index in [9.17, 15) is 8.42 Å². The van der Waals surface area contributed by atoms with E-state index in [2.05, 4.69) is 15.9 Å². The number of hydrogen-bond acceptors (Lipinski definition) is 3. The zero-order chi connectivity index (χ0) is 11.2. The third-order valence-electron chi connectivity index (χ3n) is 2.74. The third-order valence-corrected chi connectivity index (χ3v) is 5.07. The summed E-state index contributed by atoms with van der Waals surface area (Å²) >= 11 is 3.34. The number of nitrogens with two attached hydrogens (primary N) is 1. The highest BCUT2D eigenvalue weighted by Gasteiger charge is 2.36. The molecule has 1 aliphatic rings. The number of hydrogen-bond donors (Lipinski definition) is 1. The van der Waals surface area contributed by atoms with E-state index >= 15 is 0 Å². The number of benzene rings is 1. The van der Waals surface area contributed by atoms with Gasteiger partial charge in [0, 0.05) is 16.4 Å². The van der Waals surface area contributed by atoms with Crippen LogP contribution in [0.15, 0.2) is 27.6 Å². The van der Waals surface area contributed by atoms with Crippen LogP contribution >= 0.6 is 15.9 Å². The minimum absolute atomic E-state index is 0.0810. The second-order valence-corrected chi connectivity index (χ2v) is 6.85. The maximum absolute atomic E-state index is 11.8. The van der Waals surface area contributed by atoms with Crippen LogP contribution in [0.5, 0.6) is 0 Å². The van der Waals surface area contributed by atoms with Crippen LogP contribution in [0.25, 0.3) is 0 Å². The van der Waals surface area contributed by atoms with Crippen LogP contribution in [-0.4, -0.2) is 20.2 Å². The first-order valence-electron chi connectivity index (χ1n) is 4.69. The van der Waals surface area contributed by atoms with Gasteiger partial charge >= 0.3 is 0 Å². The van der Waals surface area contributed by atoms with Crippen molar-refractivity contribution >= 4 is 25.8 Å². The molecule has 2 N–H and O–H groups in total. The molecule has 0 aliphatic carbocycles. The fraction of sp³-hybridized carbons (Fsp3) is 0.400. The average Bonchev–Trinajstić information content (AvgIpc) is 2.38. The topological polar surface area (TPSA) is 60.2 Å². The van der Waals surface area contributed by atoms with Crippen molar-refractivity contribution in [3.8, 4) is 0 Å². The Balaban J connectivity index is 2.64. The highest BCUT2D eigenvalue weighted by atomic mass is 79.9. The molecule has 5 heteroatoms. The van der Waals surface area contributed by atoms with Crippen LogP contribution in [-0.2, 0) is 9.84 Å². The van der Waals surface area contributed by atoms with Crippen molar-refractivity contribution in [1.82, 2.24) is 0 Å². The number of halogens is 1. The van der Waals surface area contributed by atoms with Gasteiger partial charge in [0.25, 0.3) is 0 Å². The maximum Gasteiger partial charge on any atom is 0.179 e. The zero-order valence-electron chi connectivity index (χ0n) is 8.27. The van der Waals surface area contributed by atoms with Gasteiger partial charge in [-0.15, -0.1) is 0 Å². The smallest absolute Gasteiger partial charge is 0.179 e. The van der Waals surface area contributed by atoms with Gasteiger partial charge in [-0.05, 0) is 30.7 Å². The standard InChI is InChI=1S/C10H12BrNO2S/c1-6(12)9-5-15(13,14)10-3-2-7(11)4-8(9)10/h2-4,6,9H,5,12H2,1H3. The van der Waals surface area contributed by atoms with Crippen molar-refractivity contribution in [1.29, 1.82) is 0 Å². The molecular formula is C10H12BrNO2S. The Labute approximate surface area is 97.7 Å². The predicted molar refractivity (Wildman–Crippen MR) is 62.6 cm³/mol. The van der Waals surface area contributed by atoms with E-state index in [1.54, 1.807) is 12.1 Å². The lowest BCUT2D eigenvalue weighted by Crippen LogP contribution is -2.25. The van der Waals surface area contributed by atoms with Crippen LogP contribution in [0.1, 0.15) is 18.4 Å². The molecule has 3 nitrogen and oxygen atoms in total. The van der Waals surface area contributed by atoms with E-state index in [1.807, 2.05) is 13.0 Å². The Morgan fingerprint density at radius 3 is 2.80 bits per heavy atom. The third kappa shape index (κ3) is 1.84. The Kier molecular flexibility index (Phi) is 2.65. The molecule has 1 aromatic carbocycles. The highest BCUT2D eigenvalue weighted by molar-refractivity contribution is 9.10. The van der Waals surface area contributed by atoms with Crippen molar-refractivity contribution in [2.24, 2.45) is 5.73 Å². The van der Waals surface area contributed by atoms with Gasteiger partial charge in [-0.1, -0.05) is 15.9 Å². The fourth-order valence-corrected chi connectivity index (χ4v) is 4.30. The van der Waals surface area contributed by atoms with E-state index in [-0.39, 0.29) is 17.7 Å². The first-order chi connectivity index (χ1) is 6.92. The van der Waals surface area contributed by atoms with E-state index in [0.29, 0.717) is 4.90 Å². The molecule has 1 aromatic rings. The van der Waals surface area contributed by atoms with Crippen molar-refractivity contribution in [3.05, 3.63) is 28.2 Å². The maximum atomic E-state index is 11.8. The van der Waals surface area contributed by atoms with Crippen LogP contribution in [0.2, 0.25) is 0 Å². The van der Waals surface area contributed by atoms with Gasteiger partial charge in [0.2, 0.25) is 0 Å². The monoisotopic (exact) mass is 289 g/mol. The summed E-state index contributed by atoms with van der Waals surface area (Å²) in [4.78, 5) is 0.438. The summed E-state index contributed by atoms with van der Waals surface area (Å²) in [6.07, 6.45) is 0. The van der Waals surface area contributed by atoms with Gasteiger partial charge in [0.15, 0.2) is 9.84 Å². The van der Waals surface area contributed by atoms with Crippen molar-refractivity contribution < 1.29 is 8.42 Å². The molecule has 0 spiro atoms. The Bertz CT molecular complexity index is 496. The number of fused-ring (bicyclic) bond motifs is 1. The van der Waals surface area contributed by atoms with Gasteiger partial charge in [-0.3, -0.25) is 0 Å². The molecule has 82 valence electrons. The highest BCUT2D eigenvalue weighted by Crippen LogP contribution is 2.37. The Morgan fingerprint density at radius 1 is 1.53 bits per heavy atom. The van der Waals surface area contributed by atoms with E-state index in [1.165, 1.54) is 0 Å². The SMILES string of the molecule is CC(N)C1CS(=O)(=O)c2ccc(Br)cc21. The Morgan fingerprint density at radius 2 is 2.20 bits per heavy atom. The first kappa shape index (κ1) is 11.1. The molecule has 2 rings (SSSR count). The average molecular weight is 290 g/mol. The molecule has 1 aliphatic heterocycles. The van der Waals surface area contributed by atoms with E-state index < -0.39 is 9.84 Å². The summed E-state index contributed by atoms with van der Waals surface area (Å²) in [6, 6.07) is 5.11. The van der Waals surface area contributed by atoms with Gasteiger partial charge in [0.1, 0.15) is 0 Å². The van der Waals surface area contributed by atoms with Crippen molar-refractivity contribution in [3.63, 3.8) is 0 Å². The molecule has 0 aromatic heterocycles. The largest absolute Gasteiger partial charge is 0.327 e. The first-order valence-corrected chi connectivity index (χ1v) is 7.14. The predicted octanol–water partition coefficient (Wildman–Crippen LogP) is 1.67. The summed E-state index contributed by atoms with van der Waals surface area (Å²) in [6.45, 7) is 1.84. The normalized spacial score (nSPS) is 24.9. The van der Waals surface area contributed by atoms with Gasteiger partial charge in [0.05, 0.1) is 10.6 Å². The summed E-state index contributed by atoms with van der Waals surface area (Å²) in [5.74, 6) is 0.0544.